The highest BCUT2D eigenvalue weighted by Crippen LogP contribution is 2.98. The predicted octanol–water partition coefficient (Wildman–Crippen LogP) is 2.05. The molecule has 9 heavy (non-hydrogen) atoms. The minimum atomic E-state index is 0.906. The van der Waals surface area contributed by atoms with Gasteiger partial charge in [-0.15, -0.1) is 0 Å². The molecule has 4 saturated carbocycles. The molecule has 1 spiro atoms. The molecule has 0 aromatic rings. The molecule has 0 radical (unpaired) electrons. The average molecular weight is 120 g/mol. The molecule has 0 saturated heterocycles. The summed E-state index contributed by atoms with van der Waals surface area (Å²) in [6, 6.07) is 0. The fourth-order valence-electron chi connectivity index (χ4n) is 4.65. The number of hydrogen-bond acceptors (Lipinski definition) is 0. The molecule has 0 N–H and O–H groups in total. The van der Waals surface area contributed by atoms with Crippen molar-refractivity contribution >= 4 is 0 Å². The Morgan fingerprint density at radius 3 is 2.56 bits per heavy atom. The monoisotopic (exact) mass is 120 g/mol. The smallest absolute Gasteiger partial charge is 0.0226 e. The standard InChI is InChI=1S/C9H12/c1-8-2-3-9-4-5(9)6(8)7(8)9/h5-7H,2-4H2,1H3/t5?,6?,7-,8?,9?/m1/s1. The first-order valence-electron chi connectivity index (χ1n) is 4.29. The SMILES string of the molecule is CC12CCC34CC3C1[C@H]24. The van der Waals surface area contributed by atoms with E-state index in [1.165, 1.54) is 17.8 Å². The van der Waals surface area contributed by atoms with Crippen LogP contribution in [-0.4, -0.2) is 0 Å². The van der Waals surface area contributed by atoms with E-state index in [1.54, 1.807) is 19.3 Å². The fraction of sp³-hybridized carbons (Fsp3) is 1.00. The Morgan fingerprint density at radius 2 is 2.22 bits per heavy atom. The van der Waals surface area contributed by atoms with Gasteiger partial charge in [-0.05, 0) is 47.8 Å². The first-order chi connectivity index (χ1) is 4.29. The molecule has 0 bridgehead atoms. The second-order valence-corrected chi connectivity index (χ2v) is 5.05. The first kappa shape index (κ1) is 4.00. The topological polar surface area (TPSA) is 0 Å². The summed E-state index contributed by atoms with van der Waals surface area (Å²) in [5, 5.41) is 0. The molecule has 5 atom stereocenters. The highest BCUT2D eigenvalue weighted by atomic mass is 15.0. The van der Waals surface area contributed by atoms with Crippen LogP contribution in [0.4, 0.5) is 0 Å². The van der Waals surface area contributed by atoms with Gasteiger partial charge >= 0.3 is 0 Å². The highest BCUT2D eigenvalue weighted by Gasteiger charge is 2.93. The van der Waals surface area contributed by atoms with Crippen LogP contribution in [0, 0.1) is 28.6 Å². The second-order valence-electron chi connectivity index (χ2n) is 5.05. The molecule has 0 aromatic heterocycles. The minimum Gasteiger partial charge on any atom is -0.0591 e. The van der Waals surface area contributed by atoms with Gasteiger partial charge in [0.2, 0.25) is 0 Å². The van der Waals surface area contributed by atoms with Gasteiger partial charge < -0.3 is 0 Å². The van der Waals surface area contributed by atoms with Crippen LogP contribution in [0.25, 0.3) is 0 Å². The van der Waals surface area contributed by atoms with E-state index in [-0.39, 0.29) is 0 Å². The Hall–Kier alpha value is 0. The Labute approximate surface area is 55.6 Å². The van der Waals surface area contributed by atoms with E-state index >= 15 is 0 Å². The second kappa shape index (κ2) is 0.681. The van der Waals surface area contributed by atoms with Crippen molar-refractivity contribution in [2.24, 2.45) is 28.6 Å². The third-order valence-corrected chi connectivity index (χ3v) is 5.08. The summed E-state index contributed by atoms with van der Waals surface area (Å²) in [7, 11) is 0. The Morgan fingerprint density at radius 1 is 1.33 bits per heavy atom. The molecule has 4 rings (SSSR count). The molecule has 0 nitrogen and oxygen atoms in total. The molecule has 4 aliphatic carbocycles. The van der Waals surface area contributed by atoms with Crippen LogP contribution in [0.15, 0.2) is 0 Å². The van der Waals surface area contributed by atoms with E-state index in [1.807, 2.05) is 0 Å². The average Bonchev–Trinajstić information content (AvgIpc) is 2.46. The van der Waals surface area contributed by atoms with Gasteiger partial charge in [0.05, 0.1) is 0 Å². The Kier molecular flexibility index (Phi) is 0.302. The molecule has 0 aromatic carbocycles. The van der Waals surface area contributed by atoms with Crippen molar-refractivity contribution in [3.8, 4) is 0 Å². The molecule has 0 amide bonds. The fourth-order valence-corrected chi connectivity index (χ4v) is 4.65. The lowest BCUT2D eigenvalue weighted by Crippen LogP contribution is -2.18. The number of rotatable bonds is 0. The third kappa shape index (κ3) is 0.180. The van der Waals surface area contributed by atoms with Crippen LogP contribution in [0.1, 0.15) is 26.2 Å². The molecule has 4 fully saturated rings. The Bertz CT molecular complexity index is 214. The maximum atomic E-state index is 2.53. The van der Waals surface area contributed by atoms with Gasteiger partial charge in [0.15, 0.2) is 0 Å². The maximum Gasteiger partial charge on any atom is -0.0226 e. The maximum absolute atomic E-state index is 2.53. The lowest BCUT2D eigenvalue weighted by molar-refractivity contribution is 0.244. The largest absolute Gasteiger partial charge is 0.0591 e. The summed E-state index contributed by atoms with van der Waals surface area (Å²) in [6.07, 6.45) is 4.83. The van der Waals surface area contributed by atoms with Crippen LogP contribution >= 0.6 is 0 Å². The van der Waals surface area contributed by atoms with Gasteiger partial charge in [0, 0.05) is 0 Å². The summed E-state index contributed by atoms with van der Waals surface area (Å²) in [5.41, 5.74) is 1.91. The molecule has 4 unspecified atom stereocenters. The zero-order valence-electron chi connectivity index (χ0n) is 5.85. The molecule has 4 aliphatic rings. The zero-order valence-corrected chi connectivity index (χ0v) is 5.85. The van der Waals surface area contributed by atoms with Gasteiger partial charge in [-0.25, -0.2) is 0 Å². The van der Waals surface area contributed by atoms with E-state index < -0.39 is 0 Å². The molecule has 0 heterocycles. The quantitative estimate of drug-likeness (QED) is 0.459. The van der Waals surface area contributed by atoms with E-state index in [2.05, 4.69) is 6.92 Å². The number of hydrogen-bond donors (Lipinski definition) is 0. The van der Waals surface area contributed by atoms with Crippen LogP contribution in [0.3, 0.4) is 0 Å². The van der Waals surface area contributed by atoms with E-state index in [0.29, 0.717) is 0 Å². The molecule has 48 valence electrons. The van der Waals surface area contributed by atoms with E-state index in [9.17, 15) is 0 Å². The minimum absolute atomic E-state index is 0.906. The summed E-state index contributed by atoms with van der Waals surface area (Å²) in [4.78, 5) is 0. The lowest BCUT2D eigenvalue weighted by atomic mass is 9.81. The van der Waals surface area contributed by atoms with Crippen LogP contribution in [0.2, 0.25) is 0 Å². The van der Waals surface area contributed by atoms with Crippen molar-refractivity contribution < 1.29 is 0 Å². The summed E-state index contributed by atoms with van der Waals surface area (Å²) in [6.45, 7) is 2.53. The predicted molar refractivity (Wildman–Crippen MR) is 34.9 cm³/mol. The molecular formula is C9H12. The van der Waals surface area contributed by atoms with E-state index in [0.717, 1.165) is 10.8 Å². The summed E-state index contributed by atoms with van der Waals surface area (Å²) >= 11 is 0. The van der Waals surface area contributed by atoms with Crippen molar-refractivity contribution in [1.29, 1.82) is 0 Å². The van der Waals surface area contributed by atoms with Crippen molar-refractivity contribution in [3.05, 3.63) is 0 Å². The van der Waals surface area contributed by atoms with Crippen LogP contribution in [-0.2, 0) is 0 Å². The summed E-state index contributed by atoms with van der Waals surface area (Å²) in [5.74, 6) is 3.74. The van der Waals surface area contributed by atoms with E-state index in [4.69, 9.17) is 0 Å². The highest BCUT2D eigenvalue weighted by molar-refractivity contribution is 5.40. The van der Waals surface area contributed by atoms with Gasteiger partial charge in [-0.1, -0.05) is 6.92 Å². The van der Waals surface area contributed by atoms with Gasteiger partial charge in [-0.2, -0.15) is 0 Å². The molecule has 0 aliphatic heterocycles. The van der Waals surface area contributed by atoms with Crippen LogP contribution < -0.4 is 0 Å². The van der Waals surface area contributed by atoms with Crippen molar-refractivity contribution in [1.82, 2.24) is 0 Å². The van der Waals surface area contributed by atoms with Crippen molar-refractivity contribution in [3.63, 3.8) is 0 Å². The zero-order chi connectivity index (χ0) is 5.85. The first-order valence-corrected chi connectivity index (χ1v) is 4.29. The van der Waals surface area contributed by atoms with Crippen molar-refractivity contribution in [2.75, 3.05) is 0 Å². The van der Waals surface area contributed by atoms with Crippen molar-refractivity contribution in [2.45, 2.75) is 26.2 Å². The van der Waals surface area contributed by atoms with Gasteiger partial charge in [0.25, 0.3) is 0 Å². The molecule has 0 heteroatoms. The lowest BCUT2D eigenvalue weighted by Gasteiger charge is -2.23. The normalized spacial score (nSPS) is 87.0. The third-order valence-electron chi connectivity index (χ3n) is 5.08. The molecular weight excluding hydrogens is 108 g/mol. The Balaban J connectivity index is 2.00. The van der Waals surface area contributed by atoms with Gasteiger partial charge in [-0.3, -0.25) is 0 Å². The number of fused-ring (bicyclic) bond motifs is 2. The van der Waals surface area contributed by atoms with Gasteiger partial charge in [0.1, 0.15) is 0 Å². The van der Waals surface area contributed by atoms with Crippen LogP contribution in [0.5, 0.6) is 0 Å². The summed E-state index contributed by atoms with van der Waals surface area (Å²) < 4.78 is 0.